The summed E-state index contributed by atoms with van der Waals surface area (Å²) in [6.45, 7) is 4.74. The van der Waals surface area contributed by atoms with E-state index in [0.29, 0.717) is 6.54 Å². The van der Waals surface area contributed by atoms with Gasteiger partial charge in [0.1, 0.15) is 0 Å². The first-order chi connectivity index (χ1) is 9.82. The van der Waals surface area contributed by atoms with E-state index in [2.05, 4.69) is 19.2 Å². The van der Waals surface area contributed by atoms with Gasteiger partial charge >= 0.3 is 0 Å². The van der Waals surface area contributed by atoms with E-state index >= 15 is 0 Å². The number of carbonyl (C=O) groups excluding carboxylic acids is 2. The molecule has 2 amide bonds. The highest BCUT2D eigenvalue weighted by atomic mass is 32.2. The monoisotopic (exact) mass is 305 g/mol. The van der Waals surface area contributed by atoms with Crippen molar-refractivity contribution < 1.29 is 9.59 Å². The normalized spacial score (nSPS) is 29.8. The Hall–Kier alpha value is -1.53. The lowest BCUT2D eigenvalue weighted by molar-refractivity contribution is -0.155. The maximum Gasteiger partial charge on any atom is 0.252 e. The Morgan fingerprint density at radius 1 is 1.43 bits per heavy atom. The Morgan fingerprint density at radius 2 is 2.10 bits per heavy atom. The molecule has 0 bridgehead atoms. The molecule has 6 heteroatoms. The Morgan fingerprint density at radius 3 is 2.76 bits per heavy atom. The second-order valence-electron chi connectivity index (χ2n) is 6.20. The minimum atomic E-state index is -0.799. The van der Waals surface area contributed by atoms with E-state index in [1.54, 1.807) is 16.7 Å². The second-order valence-corrected chi connectivity index (χ2v) is 8.16. The maximum atomic E-state index is 12.1. The summed E-state index contributed by atoms with van der Waals surface area (Å²) < 4.78 is -0.0800. The van der Waals surface area contributed by atoms with E-state index in [9.17, 15) is 9.59 Å². The number of thioether (sulfide) groups is 1. The summed E-state index contributed by atoms with van der Waals surface area (Å²) in [7, 11) is 0. The van der Waals surface area contributed by atoms with Gasteiger partial charge in [0.05, 0.1) is 6.42 Å². The van der Waals surface area contributed by atoms with Crippen molar-refractivity contribution in [2.45, 2.75) is 36.1 Å². The molecule has 3 rings (SSSR count). The molecule has 0 saturated carbocycles. The zero-order chi connectivity index (χ0) is 15.3. The number of nitrogens with two attached hydrogens (primary N) is 1. The van der Waals surface area contributed by atoms with Gasteiger partial charge in [-0.25, -0.2) is 0 Å². The van der Waals surface area contributed by atoms with E-state index in [0.717, 1.165) is 5.56 Å². The molecule has 0 aliphatic carbocycles. The Bertz CT molecular complexity index is 590. The molecule has 2 aliphatic heterocycles. The highest BCUT2D eigenvalue weighted by Gasteiger charge is 2.65. The molecule has 112 valence electrons. The number of β-lactam (4-membered cyclic amide) rings is 1. The summed E-state index contributed by atoms with van der Waals surface area (Å²) in [6, 6.07) is 8.83. The first kappa shape index (κ1) is 14.4. The van der Waals surface area contributed by atoms with Crippen molar-refractivity contribution in [2.75, 3.05) is 6.54 Å². The number of amides is 2. The summed E-state index contributed by atoms with van der Waals surface area (Å²) in [6.07, 6.45) is 0.259. The van der Waals surface area contributed by atoms with Crippen LogP contribution in [0.1, 0.15) is 19.4 Å². The lowest BCUT2D eigenvalue weighted by Crippen LogP contribution is -2.79. The third-order valence-electron chi connectivity index (χ3n) is 3.84. The van der Waals surface area contributed by atoms with Crippen molar-refractivity contribution in [1.29, 1.82) is 0 Å². The van der Waals surface area contributed by atoms with E-state index in [4.69, 9.17) is 5.73 Å². The number of fused-ring (bicyclic) bond motifs is 1. The Labute approximate surface area is 128 Å². The molecule has 21 heavy (non-hydrogen) atoms. The summed E-state index contributed by atoms with van der Waals surface area (Å²) in [5.41, 5.74) is 7.23. The van der Waals surface area contributed by atoms with E-state index in [1.807, 2.05) is 30.3 Å². The van der Waals surface area contributed by atoms with Gasteiger partial charge in [-0.05, 0) is 19.4 Å². The molecule has 0 spiro atoms. The number of carbonyl (C=O) groups is 2. The second kappa shape index (κ2) is 4.74. The van der Waals surface area contributed by atoms with Gasteiger partial charge in [-0.3, -0.25) is 15.3 Å². The summed E-state index contributed by atoms with van der Waals surface area (Å²) in [5, 5.41) is 2.79. The van der Waals surface area contributed by atoms with Crippen LogP contribution in [0.3, 0.4) is 0 Å². The molecule has 3 N–H and O–H groups in total. The highest BCUT2D eigenvalue weighted by molar-refractivity contribution is 8.02. The van der Waals surface area contributed by atoms with Crippen LogP contribution in [0.5, 0.6) is 0 Å². The van der Waals surface area contributed by atoms with E-state index in [1.165, 1.54) is 0 Å². The van der Waals surface area contributed by atoms with Gasteiger partial charge in [-0.1, -0.05) is 30.3 Å². The lowest BCUT2D eigenvalue weighted by atomic mass is 10.00. The van der Waals surface area contributed by atoms with Gasteiger partial charge in [-0.15, -0.1) is 11.8 Å². The fraction of sp³-hybridized carbons (Fsp3) is 0.467. The van der Waals surface area contributed by atoms with Crippen LogP contribution < -0.4 is 11.1 Å². The molecule has 1 aromatic carbocycles. The molecule has 2 saturated heterocycles. The third-order valence-corrected chi connectivity index (χ3v) is 5.30. The molecule has 2 fully saturated rings. The maximum absolute atomic E-state index is 12.1. The summed E-state index contributed by atoms with van der Waals surface area (Å²) >= 11 is 1.55. The number of benzene rings is 1. The summed E-state index contributed by atoms with van der Waals surface area (Å²) in [5.74, 6) is -0.258. The predicted molar refractivity (Wildman–Crippen MR) is 82.4 cm³/mol. The van der Waals surface area contributed by atoms with E-state index < -0.39 is 11.0 Å². The molecule has 2 atom stereocenters. The first-order valence-corrected chi connectivity index (χ1v) is 7.77. The SMILES string of the molecule is CC1(C)CN2C(=O)[C@@H](NC(=O)Cc3ccccc3)C2(N)S1. The van der Waals surface area contributed by atoms with Crippen LogP contribution in [0.4, 0.5) is 0 Å². The smallest absolute Gasteiger partial charge is 0.252 e. The van der Waals surface area contributed by atoms with Crippen molar-refractivity contribution in [3.63, 3.8) is 0 Å². The van der Waals surface area contributed by atoms with Crippen LogP contribution in [-0.2, 0) is 16.0 Å². The van der Waals surface area contributed by atoms with Gasteiger partial charge in [0, 0.05) is 11.3 Å². The number of nitrogens with one attached hydrogen (secondary N) is 1. The third kappa shape index (κ3) is 2.42. The minimum Gasteiger partial charge on any atom is -0.340 e. The average molecular weight is 305 g/mol. The average Bonchev–Trinajstić information content (AvgIpc) is 2.65. The van der Waals surface area contributed by atoms with Gasteiger partial charge < -0.3 is 10.2 Å². The molecule has 2 heterocycles. The van der Waals surface area contributed by atoms with Crippen molar-refractivity contribution in [3.8, 4) is 0 Å². The van der Waals surface area contributed by atoms with Crippen LogP contribution in [0.2, 0.25) is 0 Å². The van der Waals surface area contributed by atoms with Crippen LogP contribution >= 0.6 is 11.8 Å². The number of nitrogens with zero attached hydrogens (tertiary/aromatic N) is 1. The number of hydrogen-bond donors (Lipinski definition) is 2. The van der Waals surface area contributed by atoms with Gasteiger partial charge in [0.15, 0.2) is 11.0 Å². The molecule has 2 aliphatic rings. The largest absolute Gasteiger partial charge is 0.340 e. The van der Waals surface area contributed by atoms with Crippen LogP contribution in [0.25, 0.3) is 0 Å². The standard InChI is InChI=1S/C15H19N3O2S/c1-14(2)9-18-13(20)12(15(18,16)21-14)17-11(19)8-10-6-4-3-5-7-10/h3-7,12H,8-9,16H2,1-2H3,(H,17,19)/t12-,15?/m1/s1. The Kier molecular flexibility index (Phi) is 3.26. The van der Waals surface area contributed by atoms with Gasteiger partial charge in [0.25, 0.3) is 5.91 Å². The van der Waals surface area contributed by atoms with Gasteiger partial charge in [0.2, 0.25) is 5.91 Å². The topological polar surface area (TPSA) is 75.4 Å². The number of rotatable bonds is 3. The quantitative estimate of drug-likeness (QED) is 0.806. The zero-order valence-corrected chi connectivity index (χ0v) is 12.9. The lowest BCUT2D eigenvalue weighted by Gasteiger charge is -2.49. The van der Waals surface area contributed by atoms with Crippen molar-refractivity contribution in [1.82, 2.24) is 10.2 Å². The van der Waals surface area contributed by atoms with Gasteiger partial charge in [-0.2, -0.15) is 0 Å². The molecular weight excluding hydrogens is 286 g/mol. The van der Waals surface area contributed by atoms with Crippen LogP contribution in [0, 0.1) is 0 Å². The van der Waals surface area contributed by atoms with E-state index in [-0.39, 0.29) is 23.0 Å². The minimum absolute atomic E-state index is 0.0800. The molecule has 0 radical (unpaired) electrons. The summed E-state index contributed by atoms with van der Waals surface area (Å²) in [4.78, 5) is 25.1. The number of hydrogen-bond acceptors (Lipinski definition) is 4. The molecular formula is C15H19N3O2S. The fourth-order valence-corrected chi connectivity index (χ4v) is 4.55. The van der Waals surface area contributed by atoms with Crippen molar-refractivity contribution in [2.24, 2.45) is 5.73 Å². The predicted octanol–water partition coefficient (Wildman–Crippen LogP) is 0.694. The fourth-order valence-electron chi connectivity index (χ4n) is 2.92. The highest BCUT2D eigenvalue weighted by Crippen LogP contribution is 2.51. The van der Waals surface area contributed by atoms with Crippen molar-refractivity contribution in [3.05, 3.63) is 35.9 Å². The zero-order valence-electron chi connectivity index (χ0n) is 12.1. The Balaban J connectivity index is 1.66. The van der Waals surface area contributed by atoms with Crippen LogP contribution in [0.15, 0.2) is 30.3 Å². The van der Waals surface area contributed by atoms with Crippen LogP contribution in [-0.4, -0.2) is 39.0 Å². The molecule has 5 nitrogen and oxygen atoms in total. The molecule has 1 unspecified atom stereocenters. The molecule has 0 aromatic heterocycles. The van der Waals surface area contributed by atoms with Crippen molar-refractivity contribution >= 4 is 23.6 Å². The first-order valence-electron chi connectivity index (χ1n) is 6.96. The molecule has 1 aromatic rings.